The van der Waals surface area contributed by atoms with Crippen molar-refractivity contribution in [1.29, 1.82) is 0 Å². The van der Waals surface area contributed by atoms with Gasteiger partial charge in [0.2, 0.25) is 0 Å². The molecule has 0 saturated heterocycles. The predicted octanol–water partition coefficient (Wildman–Crippen LogP) is 6.19. The summed E-state index contributed by atoms with van der Waals surface area (Å²) in [6, 6.07) is 22.0. The molecule has 1 aliphatic rings. The minimum Gasteiger partial charge on any atom is -0.310 e. The average molecular weight is 312 g/mol. The van der Waals surface area contributed by atoms with E-state index in [1.807, 2.05) is 27.7 Å². The van der Waals surface area contributed by atoms with Crippen LogP contribution in [-0.4, -0.2) is 6.54 Å². The zero-order valence-corrected chi connectivity index (χ0v) is 15.4. The largest absolute Gasteiger partial charge is 0.310 e. The molecule has 1 saturated carbocycles. The van der Waals surface area contributed by atoms with Crippen molar-refractivity contribution in [3.8, 4) is 0 Å². The molecule has 0 bridgehead atoms. The topological polar surface area (TPSA) is 12.0 Å². The Morgan fingerprint density at radius 3 is 1.96 bits per heavy atom. The van der Waals surface area contributed by atoms with Crippen molar-refractivity contribution >= 4 is 0 Å². The summed E-state index contributed by atoms with van der Waals surface area (Å²) in [5.41, 5.74) is 2.88. The molecule has 2 aromatic rings. The molecule has 1 fully saturated rings. The molecule has 0 aliphatic heterocycles. The highest BCUT2D eigenvalue weighted by atomic mass is 14.9. The normalized spacial score (nSPS) is 19.5. The molecule has 23 heavy (non-hydrogen) atoms. The van der Waals surface area contributed by atoms with E-state index < -0.39 is 0 Å². The van der Waals surface area contributed by atoms with E-state index in [9.17, 15) is 0 Å². The van der Waals surface area contributed by atoms with Gasteiger partial charge in [0.15, 0.2) is 0 Å². The zero-order chi connectivity index (χ0) is 17.1. The van der Waals surface area contributed by atoms with Gasteiger partial charge in [-0.2, -0.15) is 0 Å². The summed E-state index contributed by atoms with van der Waals surface area (Å²) >= 11 is 0. The van der Waals surface area contributed by atoms with Gasteiger partial charge in [0.25, 0.3) is 0 Å². The lowest BCUT2D eigenvalue weighted by Crippen LogP contribution is -2.21. The number of hydrogen-bond donors (Lipinski definition) is 1. The van der Waals surface area contributed by atoms with Crippen LogP contribution in [0.15, 0.2) is 60.7 Å². The molecule has 0 aromatic heterocycles. The first-order valence-electron chi connectivity index (χ1n) is 9.18. The molecule has 3 rings (SSSR count). The summed E-state index contributed by atoms with van der Waals surface area (Å²) < 4.78 is 0. The van der Waals surface area contributed by atoms with Crippen molar-refractivity contribution in [3.63, 3.8) is 0 Å². The summed E-state index contributed by atoms with van der Waals surface area (Å²) in [7, 11) is 0. The van der Waals surface area contributed by atoms with Crippen LogP contribution in [0.3, 0.4) is 0 Å². The molecule has 0 radical (unpaired) electrons. The fraction of sp³-hybridized carbons (Fsp3) is 0.455. The average Bonchev–Trinajstić information content (AvgIpc) is 3.44. The monoisotopic (exact) mass is 311 g/mol. The van der Waals surface area contributed by atoms with E-state index in [-0.39, 0.29) is 0 Å². The van der Waals surface area contributed by atoms with Gasteiger partial charge in [-0.05, 0) is 42.9 Å². The standard InChI is InChI=1S/C18H21N.2C2H6/c1-14(15-8-4-2-5-9-15)19-13-17-12-18(17)16-10-6-3-7-11-16;2*1-2/h2-11,14,17-19H,12-13H2,1H3;2*1-2H3/t14-,17?,18?;;/m1../s1. The lowest BCUT2D eigenvalue weighted by molar-refractivity contribution is 0.543. The van der Waals surface area contributed by atoms with Gasteiger partial charge in [-0.3, -0.25) is 0 Å². The minimum absolute atomic E-state index is 0.443. The highest BCUT2D eigenvalue weighted by molar-refractivity contribution is 5.26. The maximum atomic E-state index is 3.66. The van der Waals surface area contributed by atoms with E-state index >= 15 is 0 Å². The first-order valence-corrected chi connectivity index (χ1v) is 9.18. The fourth-order valence-electron chi connectivity index (χ4n) is 2.77. The molecular formula is C22H33N. The lowest BCUT2D eigenvalue weighted by Gasteiger charge is -2.14. The first-order chi connectivity index (χ1) is 11.3. The third-order valence-electron chi connectivity index (χ3n) is 4.14. The third-order valence-corrected chi connectivity index (χ3v) is 4.14. The fourth-order valence-corrected chi connectivity index (χ4v) is 2.77. The Morgan fingerprint density at radius 1 is 0.870 bits per heavy atom. The van der Waals surface area contributed by atoms with Gasteiger partial charge in [0.05, 0.1) is 0 Å². The summed E-state index contributed by atoms with van der Waals surface area (Å²) in [6.07, 6.45) is 1.33. The molecule has 2 unspecified atom stereocenters. The molecule has 0 spiro atoms. The van der Waals surface area contributed by atoms with Gasteiger partial charge < -0.3 is 5.32 Å². The predicted molar refractivity (Wildman–Crippen MR) is 103 cm³/mol. The lowest BCUT2D eigenvalue weighted by atomic mass is 10.1. The van der Waals surface area contributed by atoms with Crippen molar-refractivity contribution in [1.82, 2.24) is 5.32 Å². The van der Waals surface area contributed by atoms with Crippen molar-refractivity contribution in [3.05, 3.63) is 71.8 Å². The molecule has 0 heterocycles. The van der Waals surface area contributed by atoms with Crippen molar-refractivity contribution in [2.24, 2.45) is 5.92 Å². The molecule has 2 aromatic carbocycles. The van der Waals surface area contributed by atoms with E-state index in [1.54, 1.807) is 0 Å². The van der Waals surface area contributed by atoms with Crippen molar-refractivity contribution < 1.29 is 0 Å². The highest BCUT2D eigenvalue weighted by Gasteiger charge is 2.37. The summed E-state index contributed by atoms with van der Waals surface area (Å²) in [6.45, 7) is 11.4. The minimum atomic E-state index is 0.443. The van der Waals surface area contributed by atoms with Crippen LogP contribution in [0.25, 0.3) is 0 Å². The zero-order valence-electron chi connectivity index (χ0n) is 15.4. The Kier molecular flexibility index (Phi) is 9.31. The van der Waals surface area contributed by atoms with Crippen LogP contribution in [0.4, 0.5) is 0 Å². The molecular weight excluding hydrogens is 278 g/mol. The third kappa shape index (κ3) is 6.19. The second-order valence-electron chi connectivity index (χ2n) is 5.55. The number of hydrogen-bond acceptors (Lipinski definition) is 1. The van der Waals surface area contributed by atoms with Crippen LogP contribution < -0.4 is 5.32 Å². The quantitative estimate of drug-likeness (QED) is 0.694. The smallest absolute Gasteiger partial charge is 0.0291 e. The summed E-state index contributed by atoms with van der Waals surface area (Å²) in [4.78, 5) is 0. The van der Waals surface area contributed by atoms with Crippen LogP contribution in [0.5, 0.6) is 0 Å². The van der Waals surface area contributed by atoms with E-state index in [0.29, 0.717) is 6.04 Å². The first kappa shape index (κ1) is 19.4. The van der Waals surface area contributed by atoms with Crippen LogP contribution in [-0.2, 0) is 0 Å². The molecule has 1 heteroatoms. The SMILES string of the molecule is CC.CC.C[C@@H](NCC1CC1c1ccccc1)c1ccccc1. The van der Waals surface area contributed by atoms with Crippen LogP contribution >= 0.6 is 0 Å². The van der Waals surface area contributed by atoms with Crippen LogP contribution in [0.2, 0.25) is 0 Å². The Morgan fingerprint density at radius 2 is 1.39 bits per heavy atom. The maximum Gasteiger partial charge on any atom is 0.0291 e. The molecule has 0 amide bonds. The molecule has 1 N–H and O–H groups in total. The van der Waals surface area contributed by atoms with E-state index in [0.717, 1.165) is 18.4 Å². The molecule has 1 aliphatic carbocycles. The van der Waals surface area contributed by atoms with E-state index in [2.05, 4.69) is 72.9 Å². The van der Waals surface area contributed by atoms with Gasteiger partial charge >= 0.3 is 0 Å². The summed E-state index contributed by atoms with van der Waals surface area (Å²) in [5.74, 6) is 1.59. The summed E-state index contributed by atoms with van der Waals surface area (Å²) in [5, 5.41) is 3.66. The second-order valence-corrected chi connectivity index (χ2v) is 5.55. The number of nitrogens with one attached hydrogen (secondary N) is 1. The van der Waals surface area contributed by atoms with Crippen LogP contribution in [0.1, 0.15) is 64.1 Å². The Balaban J connectivity index is 0.000000615. The highest BCUT2D eigenvalue weighted by Crippen LogP contribution is 2.47. The van der Waals surface area contributed by atoms with Gasteiger partial charge in [0, 0.05) is 6.04 Å². The second kappa shape index (κ2) is 11.0. The number of benzene rings is 2. The molecule has 126 valence electrons. The van der Waals surface area contributed by atoms with Crippen molar-refractivity contribution in [2.45, 2.75) is 53.0 Å². The Bertz CT molecular complexity index is 506. The van der Waals surface area contributed by atoms with Gasteiger partial charge in [0.1, 0.15) is 0 Å². The van der Waals surface area contributed by atoms with Crippen molar-refractivity contribution in [2.75, 3.05) is 6.54 Å². The Labute approximate surface area is 143 Å². The van der Waals surface area contributed by atoms with E-state index in [1.165, 1.54) is 17.5 Å². The van der Waals surface area contributed by atoms with Gasteiger partial charge in [-0.25, -0.2) is 0 Å². The molecule has 3 atom stereocenters. The number of rotatable bonds is 5. The Hall–Kier alpha value is -1.60. The van der Waals surface area contributed by atoms with E-state index in [4.69, 9.17) is 0 Å². The molecule has 1 nitrogen and oxygen atoms in total. The van der Waals surface area contributed by atoms with Crippen LogP contribution in [0, 0.1) is 5.92 Å². The van der Waals surface area contributed by atoms with Gasteiger partial charge in [-0.1, -0.05) is 88.4 Å². The van der Waals surface area contributed by atoms with Gasteiger partial charge in [-0.15, -0.1) is 0 Å². The maximum absolute atomic E-state index is 3.66.